The number of carbonyl (C=O) groups is 2. The number of amides is 1. The zero-order chi connectivity index (χ0) is 31.1. The zero-order valence-electron chi connectivity index (χ0n) is 26.1. The molecule has 1 amide bonds. The molecule has 1 atom stereocenters. The molecule has 5 rings (SSSR count). The van der Waals surface area contributed by atoms with Crippen molar-refractivity contribution in [3.63, 3.8) is 0 Å². The standard InChI is InChI=1S/C38H42N2O3S/c1-5-6-22-40(36-31-17-11-9-15-29(31)30-16-10-12-18-32(30)36)25-27-19-20-33(34(24-27)28-14-8-7-13-26(28)2)37(41)39-35(21-23-44-4)38(42)43-3/h7-20,24,35-36H,5-6,21-23,25H2,1-4H3,(H,39,41). The Labute approximate surface area is 266 Å². The lowest BCUT2D eigenvalue weighted by atomic mass is 9.93. The van der Waals surface area contributed by atoms with E-state index in [4.69, 9.17) is 4.74 Å². The Morgan fingerprint density at radius 2 is 1.52 bits per heavy atom. The zero-order valence-corrected chi connectivity index (χ0v) is 27.0. The van der Waals surface area contributed by atoms with Gasteiger partial charge in [-0.3, -0.25) is 9.69 Å². The molecule has 0 radical (unpaired) electrons. The Morgan fingerprint density at radius 3 is 2.14 bits per heavy atom. The van der Waals surface area contributed by atoms with Gasteiger partial charge in [0.2, 0.25) is 0 Å². The maximum Gasteiger partial charge on any atom is 0.328 e. The van der Waals surface area contributed by atoms with Crippen LogP contribution in [-0.2, 0) is 16.1 Å². The lowest BCUT2D eigenvalue weighted by Crippen LogP contribution is -2.42. The number of aryl methyl sites for hydroxylation is 1. The molecule has 0 saturated heterocycles. The van der Waals surface area contributed by atoms with Crippen molar-refractivity contribution < 1.29 is 14.3 Å². The van der Waals surface area contributed by atoms with E-state index in [-0.39, 0.29) is 11.9 Å². The van der Waals surface area contributed by atoms with Gasteiger partial charge in [-0.05, 0) is 95.0 Å². The molecule has 0 aliphatic heterocycles. The normalized spacial score (nSPS) is 12.9. The number of carbonyl (C=O) groups excluding carboxylic acids is 2. The monoisotopic (exact) mass is 606 g/mol. The molecule has 4 aromatic rings. The van der Waals surface area contributed by atoms with Crippen molar-refractivity contribution in [1.82, 2.24) is 10.2 Å². The number of ether oxygens (including phenoxy) is 1. The van der Waals surface area contributed by atoms with Crippen LogP contribution in [0.1, 0.15) is 64.8 Å². The molecular weight excluding hydrogens is 564 g/mol. The molecule has 0 aromatic heterocycles. The summed E-state index contributed by atoms with van der Waals surface area (Å²) in [4.78, 5) is 28.9. The van der Waals surface area contributed by atoms with Crippen molar-refractivity contribution in [3.05, 3.63) is 119 Å². The van der Waals surface area contributed by atoms with Crippen LogP contribution in [0.5, 0.6) is 0 Å². The fraction of sp³-hybridized carbons (Fsp3) is 0.316. The summed E-state index contributed by atoms with van der Waals surface area (Å²) in [5, 5.41) is 2.97. The summed E-state index contributed by atoms with van der Waals surface area (Å²) in [5.41, 5.74) is 9.98. The van der Waals surface area contributed by atoms with Gasteiger partial charge < -0.3 is 10.1 Å². The molecule has 1 unspecified atom stereocenters. The van der Waals surface area contributed by atoms with E-state index in [0.717, 1.165) is 53.9 Å². The third-order valence-electron chi connectivity index (χ3n) is 8.52. The van der Waals surface area contributed by atoms with Crippen molar-refractivity contribution in [2.75, 3.05) is 25.7 Å². The van der Waals surface area contributed by atoms with E-state index >= 15 is 0 Å². The fourth-order valence-electron chi connectivity index (χ4n) is 6.27. The third kappa shape index (κ3) is 6.77. The molecule has 0 fully saturated rings. The van der Waals surface area contributed by atoms with E-state index in [1.165, 1.54) is 29.4 Å². The molecule has 1 N–H and O–H groups in total. The van der Waals surface area contributed by atoms with Crippen LogP contribution in [0.25, 0.3) is 22.3 Å². The number of rotatable bonds is 13. The van der Waals surface area contributed by atoms with Crippen LogP contribution in [0.2, 0.25) is 0 Å². The summed E-state index contributed by atoms with van der Waals surface area (Å²) in [6.07, 6.45) is 4.70. The highest BCUT2D eigenvalue weighted by Gasteiger charge is 2.32. The van der Waals surface area contributed by atoms with Gasteiger partial charge in [0, 0.05) is 12.1 Å². The van der Waals surface area contributed by atoms with Gasteiger partial charge >= 0.3 is 5.97 Å². The summed E-state index contributed by atoms with van der Waals surface area (Å²) in [6, 6.07) is 31.3. The van der Waals surface area contributed by atoms with Crippen molar-refractivity contribution in [3.8, 4) is 22.3 Å². The largest absolute Gasteiger partial charge is 0.467 e. The Bertz CT molecular complexity index is 1570. The summed E-state index contributed by atoms with van der Waals surface area (Å²) < 4.78 is 5.01. The van der Waals surface area contributed by atoms with Crippen LogP contribution >= 0.6 is 11.8 Å². The second-order valence-corrected chi connectivity index (χ2v) is 12.4. The maximum atomic E-state index is 13.8. The van der Waals surface area contributed by atoms with E-state index in [1.807, 2.05) is 24.5 Å². The minimum absolute atomic E-state index is 0.163. The van der Waals surface area contributed by atoms with Gasteiger partial charge in [-0.1, -0.05) is 92.2 Å². The van der Waals surface area contributed by atoms with Gasteiger partial charge in [0.1, 0.15) is 6.04 Å². The molecule has 6 heteroatoms. The second kappa shape index (κ2) is 14.7. The van der Waals surface area contributed by atoms with Crippen LogP contribution in [-0.4, -0.2) is 48.5 Å². The molecule has 0 spiro atoms. The Morgan fingerprint density at radius 1 is 0.886 bits per heavy atom. The van der Waals surface area contributed by atoms with E-state index in [9.17, 15) is 9.59 Å². The van der Waals surface area contributed by atoms with Gasteiger partial charge in [0.25, 0.3) is 5.91 Å². The van der Waals surface area contributed by atoms with Crippen LogP contribution in [0.3, 0.4) is 0 Å². The molecule has 1 aliphatic carbocycles. The van der Waals surface area contributed by atoms with Crippen LogP contribution in [0.15, 0.2) is 91.0 Å². The predicted molar refractivity (Wildman–Crippen MR) is 182 cm³/mol. The van der Waals surface area contributed by atoms with E-state index < -0.39 is 12.0 Å². The minimum Gasteiger partial charge on any atom is -0.467 e. The molecular formula is C38H42N2O3S. The highest BCUT2D eigenvalue weighted by Crippen LogP contribution is 2.46. The van der Waals surface area contributed by atoms with Crippen molar-refractivity contribution >= 4 is 23.6 Å². The summed E-state index contributed by atoms with van der Waals surface area (Å²) >= 11 is 1.63. The van der Waals surface area contributed by atoms with Crippen molar-refractivity contribution in [2.24, 2.45) is 0 Å². The van der Waals surface area contributed by atoms with Crippen LogP contribution < -0.4 is 5.32 Å². The number of hydrogen-bond donors (Lipinski definition) is 1. The van der Waals surface area contributed by atoms with Gasteiger partial charge in [-0.15, -0.1) is 0 Å². The molecule has 4 aromatic carbocycles. The summed E-state index contributed by atoms with van der Waals surface area (Å²) in [6.45, 7) is 6.01. The smallest absolute Gasteiger partial charge is 0.328 e. The minimum atomic E-state index is -0.698. The first kappa shape index (κ1) is 31.6. The number of hydrogen-bond acceptors (Lipinski definition) is 5. The lowest BCUT2D eigenvalue weighted by Gasteiger charge is -2.31. The number of nitrogens with zero attached hydrogens (tertiary/aromatic N) is 1. The number of unbranched alkanes of at least 4 members (excludes halogenated alkanes) is 1. The van der Waals surface area contributed by atoms with Crippen LogP contribution in [0, 0.1) is 6.92 Å². The first-order valence-electron chi connectivity index (χ1n) is 15.5. The molecule has 0 bridgehead atoms. The van der Waals surface area contributed by atoms with E-state index in [0.29, 0.717) is 12.0 Å². The molecule has 228 valence electrons. The summed E-state index contributed by atoms with van der Waals surface area (Å²) in [5.74, 6) is 0.0444. The molecule has 1 aliphatic rings. The number of fused-ring (bicyclic) bond motifs is 3. The van der Waals surface area contributed by atoms with Gasteiger partial charge in [0.05, 0.1) is 13.2 Å². The first-order chi connectivity index (χ1) is 21.5. The lowest BCUT2D eigenvalue weighted by molar-refractivity contribution is -0.142. The molecule has 44 heavy (non-hydrogen) atoms. The van der Waals surface area contributed by atoms with Gasteiger partial charge in [-0.25, -0.2) is 4.79 Å². The highest BCUT2D eigenvalue weighted by atomic mass is 32.2. The molecule has 0 saturated carbocycles. The number of benzene rings is 4. The van der Waals surface area contributed by atoms with Crippen LogP contribution in [0.4, 0.5) is 0 Å². The molecule has 5 nitrogen and oxygen atoms in total. The second-order valence-electron chi connectivity index (χ2n) is 11.4. The number of methoxy groups -OCH3 is 1. The SMILES string of the molecule is CCCCN(Cc1ccc(C(=O)NC(CCSC)C(=O)OC)c(-c2ccccc2C)c1)C1c2ccccc2-c2ccccc21. The number of esters is 1. The maximum absolute atomic E-state index is 13.8. The van der Waals surface area contributed by atoms with E-state index in [2.05, 4.69) is 96.9 Å². The fourth-order valence-corrected chi connectivity index (χ4v) is 6.74. The van der Waals surface area contributed by atoms with Crippen molar-refractivity contribution in [1.29, 1.82) is 0 Å². The average Bonchev–Trinajstić information content (AvgIpc) is 3.39. The average molecular weight is 607 g/mol. The van der Waals surface area contributed by atoms with Gasteiger partial charge in [-0.2, -0.15) is 11.8 Å². The third-order valence-corrected chi connectivity index (χ3v) is 9.16. The number of nitrogens with one attached hydrogen (secondary N) is 1. The van der Waals surface area contributed by atoms with E-state index in [1.54, 1.807) is 11.8 Å². The predicted octanol–water partition coefficient (Wildman–Crippen LogP) is 8.06. The van der Waals surface area contributed by atoms with Gasteiger partial charge in [0.15, 0.2) is 0 Å². The number of thioether (sulfide) groups is 1. The quantitative estimate of drug-likeness (QED) is 0.156. The Kier molecular flexibility index (Phi) is 10.6. The topological polar surface area (TPSA) is 58.6 Å². The summed E-state index contributed by atoms with van der Waals surface area (Å²) in [7, 11) is 1.36. The Balaban J connectivity index is 1.53. The Hall–Kier alpha value is -3.87. The first-order valence-corrected chi connectivity index (χ1v) is 16.8. The molecule has 0 heterocycles. The highest BCUT2D eigenvalue weighted by molar-refractivity contribution is 7.98. The van der Waals surface area contributed by atoms with Crippen molar-refractivity contribution in [2.45, 2.75) is 51.7 Å².